The topological polar surface area (TPSA) is 77.7 Å². The standard InChI is InChI=1S/C14H18O6/c1-2-3-17-13(15)9-4-11-12(20-11)5-10(9)14(16)19-7-8-6-18-8/h2,8-12H,1,3-7H2. The lowest BCUT2D eigenvalue weighted by molar-refractivity contribution is -0.161. The van der Waals surface area contributed by atoms with E-state index in [-0.39, 0.29) is 43.5 Å². The van der Waals surface area contributed by atoms with Gasteiger partial charge in [0.1, 0.15) is 19.3 Å². The molecule has 0 aromatic carbocycles. The number of carbonyl (C=O) groups is 2. The summed E-state index contributed by atoms with van der Waals surface area (Å²) in [7, 11) is 0. The Morgan fingerprint density at radius 3 is 2.30 bits per heavy atom. The monoisotopic (exact) mass is 282 g/mol. The molecule has 6 heteroatoms. The van der Waals surface area contributed by atoms with Gasteiger partial charge in [0, 0.05) is 0 Å². The Morgan fingerprint density at radius 2 is 1.75 bits per heavy atom. The molecular weight excluding hydrogens is 264 g/mol. The third-order valence-electron chi connectivity index (χ3n) is 3.91. The van der Waals surface area contributed by atoms with Gasteiger partial charge in [-0.05, 0) is 12.8 Å². The maximum absolute atomic E-state index is 12.1. The average Bonchev–Trinajstić information content (AvgIpc) is 3.34. The summed E-state index contributed by atoms with van der Waals surface area (Å²) < 4.78 is 20.7. The molecule has 20 heavy (non-hydrogen) atoms. The van der Waals surface area contributed by atoms with E-state index in [1.807, 2.05) is 0 Å². The van der Waals surface area contributed by atoms with Crippen LogP contribution in [0.2, 0.25) is 0 Å². The molecule has 0 aromatic rings. The number of epoxide rings is 2. The first-order valence-electron chi connectivity index (χ1n) is 6.90. The van der Waals surface area contributed by atoms with Gasteiger partial charge in [-0.2, -0.15) is 0 Å². The lowest BCUT2D eigenvalue weighted by atomic mass is 9.79. The van der Waals surface area contributed by atoms with E-state index in [9.17, 15) is 9.59 Å². The zero-order chi connectivity index (χ0) is 14.1. The van der Waals surface area contributed by atoms with Crippen LogP contribution < -0.4 is 0 Å². The third-order valence-corrected chi connectivity index (χ3v) is 3.91. The van der Waals surface area contributed by atoms with Crippen LogP contribution in [0.1, 0.15) is 12.8 Å². The Bertz CT molecular complexity index is 416. The van der Waals surface area contributed by atoms with Crippen molar-refractivity contribution in [2.45, 2.75) is 31.2 Å². The van der Waals surface area contributed by atoms with E-state index in [0.717, 1.165) is 0 Å². The second-order valence-electron chi connectivity index (χ2n) is 5.40. The fraction of sp³-hybridized carbons (Fsp3) is 0.714. The second kappa shape index (κ2) is 5.54. The van der Waals surface area contributed by atoms with Crippen LogP contribution in [-0.4, -0.2) is 50.1 Å². The Balaban J connectivity index is 1.59. The molecule has 2 saturated heterocycles. The Labute approximate surface area is 117 Å². The molecule has 2 heterocycles. The zero-order valence-electron chi connectivity index (χ0n) is 11.2. The molecule has 1 aliphatic carbocycles. The lowest BCUT2D eigenvalue weighted by Crippen LogP contribution is -2.38. The van der Waals surface area contributed by atoms with Crippen LogP contribution in [-0.2, 0) is 28.5 Å². The molecule has 3 aliphatic rings. The molecule has 0 bridgehead atoms. The predicted octanol–water partition coefficient (Wildman–Crippen LogP) is 0.451. The largest absolute Gasteiger partial charge is 0.463 e. The van der Waals surface area contributed by atoms with Crippen molar-refractivity contribution in [2.75, 3.05) is 19.8 Å². The third kappa shape index (κ3) is 3.02. The Kier molecular flexibility index (Phi) is 3.76. The van der Waals surface area contributed by atoms with Crippen molar-refractivity contribution in [1.29, 1.82) is 0 Å². The highest BCUT2D eigenvalue weighted by molar-refractivity contribution is 5.82. The van der Waals surface area contributed by atoms with E-state index in [0.29, 0.717) is 19.4 Å². The zero-order valence-corrected chi connectivity index (χ0v) is 11.2. The minimum atomic E-state index is -0.480. The summed E-state index contributed by atoms with van der Waals surface area (Å²) in [4.78, 5) is 24.2. The van der Waals surface area contributed by atoms with Gasteiger partial charge in [0.15, 0.2) is 0 Å². The average molecular weight is 282 g/mol. The number of ether oxygens (including phenoxy) is 4. The summed E-state index contributed by atoms with van der Waals surface area (Å²) in [6.07, 6.45) is 2.77. The first kappa shape index (κ1) is 13.6. The van der Waals surface area contributed by atoms with E-state index in [4.69, 9.17) is 18.9 Å². The minimum Gasteiger partial charge on any atom is -0.463 e. The van der Waals surface area contributed by atoms with Gasteiger partial charge in [-0.15, -0.1) is 0 Å². The first-order valence-corrected chi connectivity index (χ1v) is 6.90. The highest BCUT2D eigenvalue weighted by Gasteiger charge is 2.53. The van der Waals surface area contributed by atoms with E-state index in [2.05, 4.69) is 6.58 Å². The lowest BCUT2D eigenvalue weighted by Gasteiger charge is -2.25. The van der Waals surface area contributed by atoms with Crippen LogP contribution in [0.15, 0.2) is 12.7 Å². The van der Waals surface area contributed by atoms with Crippen molar-refractivity contribution in [2.24, 2.45) is 11.8 Å². The number of carbonyl (C=O) groups excluding carboxylic acids is 2. The van der Waals surface area contributed by atoms with Crippen molar-refractivity contribution in [3.05, 3.63) is 12.7 Å². The van der Waals surface area contributed by atoms with Gasteiger partial charge in [-0.25, -0.2) is 0 Å². The fourth-order valence-corrected chi connectivity index (χ4v) is 2.64. The van der Waals surface area contributed by atoms with Crippen molar-refractivity contribution in [1.82, 2.24) is 0 Å². The highest BCUT2D eigenvalue weighted by atomic mass is 16.6. The van der Waals surface area contributed by atoms with Gasteiger partial charge in [0.2, 0.25) is 0 Å². The van der Waals surface area contributed by atoms with E-state index >= 15 is 0 Å². The van der Waals surface area contributed by atoms with Crippen LogP contribution in [0.5, 0.6) is 0 Å². The number of hydrogen-bond donors (Lipinski definition) is 0. The Hall–Kier alpha value is -1.40. The summed E-state index contributed by atoms with van der Waals surface area (Å²) in [5, 5.41) is 0. The molecular formula is C14H18O6. The second-order valence-corrected chi connectivity index (χ2v) is 5.40. The van der Waals surface area contributed by atoms with Crippen LogP contribution >= 0.6 is 0 Å². The maximum atomic E-state index is 12.1. The van der Waals surface area contributed by atoms with Crippen LogP contribution in [0.4, 0.5) is 0 Å². The molecule has 1 saturated carbocycles. The Morgan fingerprint density at radius 1 is 1.15 bits per heavy atom. The number of rotatable bonds is 6. The quantitative estimate of drug-likeness (QED) is 0.400. The van der Waals surface area contributed by atoms with Gasteiger partial charge in [0.05, 0.1) is 30.7 Å². The van der Waals surface area contributed by atoms with Crippen molar-refractivity contribution < 1.29 is 28.5 Å². The van der Waals surface area contributed by atoms with Gasteiger partial charge >= 0.3 is 11.9 Å². The molecule has 0 amide bonds. The summed E-state index contributed by atoms with van der Waals surface area (Å²) in [6, 6.07) is 0. The van der Waals surface area contributed by atoms with Crippen LogP contribution in [0.25, 0.3) is 0 Å². The van der Waals surface area contributed by atoms with Crippen LogP contribution in [0, 0.1) is 11.8 Å². The molecule has 0 N–H and O–H groups in total. The molecule has 0 spiro atoms. The molecule has 3 fully saturated rings. The summed E-state index contributed by atoms with van der Waals surface area (Å²) in [5.41, 5.74) is 0. The predicted molar refractivity (Wildman–Crippen MR) is 66.7 cm³/mol. The van der Waals surface area contributed by atoms with E-state index in [1.54, 1.807) is 0 Å². The highest BCUT2D eigenvalue weighted by Crippen LogP contribution is 2.43. The SMILES string of the molecule is C=CCOC(=O)C1CC2OC2CC1C(=O)OCC1CO1. The molecule has 5 unspecified atom stereocenters. The molecule has 3 rings (SSSR count). The van der Waals surface area contributed by atoms with Crippen molar-refractivity contribution in [3.8, 4) is 0 Å². The number of hydrogen-bond acceptors (Lipinski definition) is 6. The molecule has 110 valence electrons. The van der Waals surface area contributed by atoms with Crippen molar-refractivity contribution in [3.63, 3.8) is 0 Å². The minimum absolute atomic E-state index is 0.0265. The van der Waals surface area contributed by atoms with Gasteiger partial charge in [0.25, 0.3) is 0 Å². The normalized spacial score (nSPS) is 37.5. The smallest absolute Gasteiger partial charge is 0.310 e. The summed E-state index contributed by atoms with van der Waals surface area (Å²) in [5.74, 6) is -1.68. The molecule has 0 aromatic heterocycles. The maximum Gasteiger partial charge on any atom is 0.310 e. The first-order chi connectivity index (χ1) is 9.69. The molecule has 0 radical (unpaired) electrons. The van der Waals surface area contributed by atoms with Gasteiger partial charge < -0.3 is 18.9 Å². The van der Waals surface area contributed by atoms with Gasteiger partial charge in [-0.3, -0.25) is 9.59 Å². The van der Waals surface area contributed by atoms with Crippen molar-refractivity contribution >= 4 is 11.9 Å². The molecule has 5 atom stereocenters. The molecule has 2 aliphatic heterocycles. The summed E-state index contributed by atoms with van der Waals surface area (Å²) in [6.45, 7) is 4.56. The number of fused-ring (bicyclic) bond motifs is 1. The summed E-state index contributed by atoms with van der Waals surface area (Å²) >= 11 is 0. The van der Waals surface area contributed by atoms with Crippen LogP contribution in [0.3, 0.4) is 0 Å². The number of esters is 2. The van der Waals surface area contributed by atoms with E-state index < -0.39 is 11.8 Å². The van der Waals surface area contributed by atoms with E-state index in [1.165, 1.54) is 6.08 Å². The molecule has 6 nitrogen and oxygen atoms in total. The van der Waals surface area contributed by atoms with Gasteiger partial charge in [-0.1, -0.05) is 12.7 Å². The fourth-order valence-electron chi connectivity index (χ4n) is 2.64.